The van der Waals surface area contributed by atoms with Gasteiger partial charge in [0.15, 0.2) is 0 Å². The smallest absolute Gasteiger partial charge is 0.217 e. The van der Waals surface area contributed by atoms with Crippen LogP contribution in [0.25, 0.3) is 10.9 Å². The first-order valence-corrected chi connectivity index (χ1v) is 8.96. The molecule has 1 aliphatic heterocycles. The molecule has 6 heteroatoms. The van der Waals surface area contributed by atoms with E-state index in [9.17, 15) is 4.79 Å². The summed E-state index contributed by atoms with van der Waals surface area (Å²) in [6.07, 6.45) is 1.84. The quantitative estimate of drug-likeness (QED) is 0.786. The first-order valence-electron chi connectivity index (χ1n) is 8.96. The highest BCUT2D eigenvalue weighted by atomic mass is 16.1. The molecule has 6 nitrogen and oxygen atoms in total. The van der Waals surface area contributed by atoms with E-state index in [0.717, 1.165) is 37.4 Å². The van der Waals surface area contributed by atoms with Crippen molar-refractivity contribution in [2.75, 3.05) is 6.54 Å². The second kappa shape index (κ2) is 6.88. The fraction of sp³-hybridized carbons (Fsp3) is 0.350. The van der Waals surface area contributed by atoms with Crippen LogP contribution in [0.15, 0.2) is 36.5 Å². The van der Waals surface area contributed by atoms with E-state index in [1.807, 2.05) is 12.3 Å². The van der Waals surface area contributed by atoms with Gasteiger partial charge in [-0.25, -0.2) is 0 Å². The molecule has 3 aromatic rings. The van der Waals surface area contributed by atoms with Crippen LogP contribution in [0.1, 0.15) is 29.4 Å². The van der Waals surface area contributed by atoms with Crippen LogP contribution < -0.4 is 5.32 Å². The van der Waals surface area contributed by atoms with Gasteiger partial charge in [0.25, 0.3) is 0 Å². The lowest BCUT2D eigenvalue weighted by atomic mass is 10.0. The monoisotopic (exact) mass is 349 g/mol. The van der Waals surface area contributed by atoms with Gasteiger partial charge in [0.05, 0.1) is 30.0 Å². The van der Waals surface area contributed by atoms with Gasteiger partial charge in [-0.2, -0.15) is 5.10 Å². The van der Waals surface area contributed by atoms with Crippen molar-refractivity contribution in [2.45, 2.75) is 40.0 Å². The van der Waals surface area contributed by atoms with Gasteiger partial charge in [-0.15, -0.1) is 0 Å². The standard InChI is InChI=1S/C20H23N5O/c1-14-5-6-20-18(4-3-7-21-20)19(14)13-24-8-9-25-17(12-24)10-16(23-25)11-22-15(2)26/h3-7,10H,8-9,11-13H2,1-2H3,(H,22,26). The maximum atomic E-state index is 11.1. The molecule has 0 radical (unpaired) electrons. The molecule has 26 heavy (non-hydrogen) atoms. The van der Waals surface area contributed by atoms with Crippen LogP contribution in [0.5, 0.6) is 0 Å². The fourth-order valence-corrected chi connectivity index (χ4v) is 3.57. The minimum atomic E-state index is -0.0300. The van der Waals surface area contributed by atoms with Crippen molar-refractivity contribution < 1.29 is 4.79 Å². The van der Waals surface area contributed by atoms with E-state index < -0.39 is 0 Å². The van der Waals surface area contributed by atoms with Crippen LogP contribution in [0.3, 0.4) is 0 Å². The third kappa shape index (κ3) is 3.32. The first kappa shape index (κ1) is 16.7. The number of fused-ring (bicyclic) bond motifs is 2. The average Bonchev–Trinajstić information content (AvgIpc) is 3.04. The Balaban J connectivity index is 1.53. The van der Waals surface area contributed by atoms with E-state index in [0.29, 0.717) is 6.54 Å². The van der Waals surface area contributed by atoms with Crippen molar-refractivity contribution >= 4 is 16.8 Å². The molecule has 0 saturated heterocycles. The molecular weight excluding hydrogens is 326 g/mol. The summed E-state index contributed by atoms with van der Waals surface area (Å²) in [5.41, 5.74) is 5.82. The highest BCUT2D eigenvalue weighted by molar-refractivity contribution is 5.83. The molecule has 0 spiro atoms. The highest BCUT2D eigenvalue weighted by Crippen LogP contribution is 2.24. The van der Waals surface area contributed by atoms with Crippen molar-refractivity contribution in [3.8, 4) is 0 Å². The van der Waals surface area contributed by atoms with Gasteiger partial charge in [-0.3, -0.25) is 19.4 Å². The summed E-state index contributed by atoms with van der Waals surface area (Å²) in [4.78, 5) is 18.0. The normalized spacial score (nSPS) is 14.4. The molecule has 0 atom stereocenters. The zero-order valence-electron chi connectivity index (χ0n) is 15.2. The molecule has 0 unspecified atom stereocenters. The summed E-state index contributed by atoms with van der Waals surface area (Å²) >= 11 is 0. The molecule has 3 heterocycles. The van der Waals surface area contributed by atoms with Gasteiger partial charge in [-0.05, 0) is 36.2 Å². The Morgan fingerprint density at radius 2 is 2.15 bits per heavy atom. The molecule has 0 saturated carbocycles. The minimum Gasteiger partial charge on any atom is -0.351 e. The second-order valence-corrected chi connectivity index (χ2v) is 6.90. The number of carbonyl (C=O) groups excluding carboxylic acids is 1. The van der Waals surface area contributed by atoms with Crippen LogP contribution >= 0.6 is 0 Å². The summed E-state index contributed by atoms with van der Waals surface area (Å²) in [5, 5.41) is 8.65. The van der Waals surface area contributed by atoms with Crippen molar-refractivity contribution in [3.63, 3.8) is 0 Å². The van der Waals surface area contributed by atoms with Gasteiger partial charge in [0.2, 0.25) is 5.91 Å². The van der Waals surface area contributed by atoms with E-state index in [1.54, 1.807) is 0 Å². The molecule has 1 aliphatic rings. The van der Waals surface area contributed by atoms with Crippen molar-refractivity contribution in [3.05, 3.63) is 59.0 Å². The van der Waals surface area contributed by atoms with Gasteiger partial charge in [-0.1, -0.05) is 12.1 Å². The SMILES string of the molecule is CC(=O)NCc1cc2n(n1)CCN(Cc1c(C)ccc3ncccc13)C2. The van der Waals surface area contributed by atoms with E-state index >= 15 is 0 Å². The third-order valence-corrected chi connectivity index (χ3v) is 4.96. The predicted molar refractivity (Wildman–Crippen MR) is 100 cm³/mol. The van der Waals surface area contributed by atoms with Crippen LogP contribution in [0, 0.1) is 6.92 Å². The number of rotatable bonds is 4. The van der Waals surface area contributed by atoms with Gasteiger partial charge >= 0.3 is 0 Å². The molecule has 1 amide bonds. The molecule has 0 aliphatic carbocycles. The average molecular weight is 349 g/mol. The topological polar surface area (TPSA) is 63.1 Å². The second-order valence-electron chi connectivity index (χ2n) is 6.90. The Labute approximate surface area is 152 Å². The molecule has 0 fully saturated rings. The Morgan fingerprint density at radius 3 is 3.00 bits per heavy atom. The molecule has 4 rings (SSSR count). The van der Waals surface area contributed by atoms with Crippen LogP contribution in [0.4, 0.5) is 0 Å². The van der Waals surface area contributed by atoms with Crippen LogP contribution in [-0.4, -0.2) is 32.1 Å². The van der Waals surface area contributed by atoms with Gasteiger partial charge < -0.3 is 5.32 Å². The number of carbonyl (C=O) groups is 1. The van der Waals surface area contributed by atoms with E-state index in [1.165, 1.54) is 29.1 Å². The first-order chi connectivity index (χ1) is 12.6. The zero-order chi connectivity index (χ0) is 18.1. The maximum Gasteiger partial charge on any atom is 0.217 e. The highest BCUT2D eigenvalue weighted by Gasteiger charge is 2.20. The van der Waals surface area contributed by atoms with E-state index in [-0.39, 0.29) is 5.91 Å². The Hall–Kier alpha value is -2.73. The Bertz CT molecular complexity index is 962. The maximum absolute atomic E-state index is 11.1. The number of pyridine rings is 1. The number of amides is 1. The molecule has 0 bridgehead atoms. The van der Waals surface area contributed by atoms with E-state index in [4.69, 9.17) is 0 Å². The van der Waals surface area contributed by atoms with Crippen molar-refractivity contribution in [2.24, 2.45) is 0 Å². The third-order valence-electron chi connectivity index (χ3n) is 4.96. The molecular formula is C20H23N5O. The summed E-state index contributed by atoms with van der Waals surface area (Å²) in [5.74, 6) is -0.0300. The zero-order valence-corrected chi connectivity index (χ0v) is 15.2. The molecule has 2 aromatic heterocycles. The van der Waals surface area contributed by atoms with Gasteiger partial charge in [0.1, 0.15) is 0 Å². The largest absolute Gasteiger partial charge is 0.351 e. The lowest BCUT2D eigenvalue weighted by Crippen LogP contribution is -2.33. The predicted octanol–water partition coefficient (Wildman–Crippen LogP) is 2.39. The number of hydrogen-bond donors (Lipinski definition) is 1. The summed E-state index contributed by atoms with van der Waals surface area (Å²) in [6.45, 7) is 7.79. The van der Waals surface area contributed by atoms with Crippen LogP contribution in [0.2, 0.25) is 0 Å². The lowest BCUT2D eigenvalue weighted by Gasteiger charge is -2.28. The van der Waals surface area contributed by atoms with Gasteiger partial charge in [0, 0.05) is 38.1 Å². The summed E-state index contributed by atoms with van der Waals surface area (Å²) < 4.78 is 2.06. The number of hydrogen-bond acceptors (Lipinski definition) is 4. The van der Waals surface area contributed by atoms with Crippen molar-refractivity contribution in [1.29, 1.82) is 0 Å². The summed E-state index contributed by atoms with van der Waals surface area (Å²) in [7, 11) is 0. The molecule has 1 aromatic carbocycles. The number of nitrogens with one attached hydrogen (secondary N) is 1. The molecule has 1 N–H and O–H groups in total. The molecule has 134 valence electrons. The fourth-order valence-electron chi connectivity index (χ4n) is 3.57. The van der Waals surface area contributed by atoms with Crippen LogP contribution in [-0.2, 0) is 31.0 Å². The van der Waals surface area contributed by atoms with Crippen molar-refractivity contribution in [1.82, 2.24) is 25.0 Å². The number of aryl methyl sites for hydroxylation is 1. The minimum absolute atomic E-state index is 0.0300. The number of benzene rings is 1. The number of aromatic nitrogens is 3. The Morgan fingerprint density at radius 1 is 1.27 bits per heavy atom. The number of nitrogens with zero attached hydrogens (tertiary/aromatic N) is 4. The summed E-state index contributed by atoms with van der Waals surface area (Å²) in [6, 6.07) is 10.5. The lowest BCUT2D eigenvalue weighted by molar-refractivity contribution is -0.119. The van der Waals surface area contributed by atoms with E-state index in [2.05, 4.69) is 56.2 Å². The Kier molecular flexibility index (Phi) is 4.42.